The van der Waals surface area contributed by atoms with Crippen LogP contribution < -0.4 is 0 Å². The summed E-state index contributed by atoms with van der Waals surface area (Å²) in [5.41, 5.74) is 0. The third-order valence-corrected chi connectivity index (χ3v) is 13.1. The summed E-state index contributed by atoms with van der Waals surface area (Å²) >= 11 is 0. The van der Waals surface area contributed by atoms with Crippen molar-refractivity contribution in [1.29, 1.82) is 0 Å². The molecule has 0 aromatic carbocycles. The summed E-state index contributed by atoms with van der Waals surface area (Å²) in [6, 6.07) is 0. The predicted molar refractivity (Wildman–Crippen MR) is 254 cm³/mol. The maximum atomic E-state index is 12.1. The van der Waals surface area contributed by atoms with Crippen molar-refractivity contribution in [3.8, 4) is 0 Å². The smallest absolute Gasteiger partial charge is 0.332 e. The fourth-order valence-corrected chi connectivity index (χ4v) is 9.09. The summed E-state index contributed by atoms with van der Waals surface area (Å²) in [4.78, 5) is 58.4. The first-order chi connectivity index (χ1) is 34.7. The first-order valence-electron chi connectivity index (χ1n) is 26.2. The zero-order valence-corrected chi connectivity index (χ0v) is 43.3. The van der Waals surface area contributed by atoms with Gasteiger partial charge in [0.2, 0.25) is 0 Å². The van der Waals surface area contributed by atoms with Crippen molar-refractivity contribution in [3.05, 3.63) is 0 Å². The van der Waals surface area contributed by atoms with Gasteiger partial charge in [0.15, 0.2) is 43.3 Å². The average Bonchev–Trinajstić information content (AvgIpc) is 3.32. The fourth-order valence-electron chi connectivity index (χ4n) is 9.09. The van der Waals surface area contributed by atoms with Gasteiger partial charge in [-0.2, -0.15) is 0 Å². The van der Waals surface area contributed by atoms with E-state index in [1.807, 2.05) is 6.92 Å². The second-order valence-electron chi connectivity index (χ2n) is 19.4. The number of rotatable bonds is 35. The number of hydrogen-bond acceptors (Lipinski definition) is 22. The van der Waals surface area contributed by atoms with E-state index in [4.69, 9.17) is 52.5 Å². The maximum Gasteiger partial charge on any atom is 0.332 e. The highest BCUT2D eigenvalue weighted by molar-refractivity contribution is 5.71. The van der Waals surface area contributed by atoms with Crippen molar-refractivity contribution in [2.45, 2.75) is 267 Å². The zero-order valence-electron chi connectivity index (χ0n) is 43.3. The highest BCUT2D eigenvalue weighted by atomic mass is 16.8. The van der Waals surface area contributed by atoms with Crippen LogP contribution in [-0.4, -0.2) is 195 Å². The van der Waals surface area contributed by atoms with Gasteiger partial charge in [-0.05, 0) is 38.5 Å². The van der Waals surface area contributed by atoms with E-state index in [9.17, 15) is 59.7 Å². The summed E-state index contributed by atoms with van der Waals surface area (Å²) in [5, 5.41) is 85.4. The molecule has 0 amide bonds. The molecule has 17 unspecified atom stereocenters. The van der Waals surface area contributed by atoms with Gasteiger partial charge in [-0.25, -0.2) is 4.79 Å². The molecule has 3 aliphatic rings. The molecule has 0 aromatic heterocycles. The number of carbonyl (C=O) groups is 5. The Morgan fingerprint density at radius 3 is 1.45 bits per heavy atom. The molecule has 3 rings (SSSR count). The Morgan fingerprint density at radius 1 is 0.507 bits per heavy atom. The van der Waals surface area contributed by atoms with E-state index in [-0.39, 0.29) is 13.0 Å². The number of ether oxygens (including phenoxy) is 10. The molecule has 3 saturated heterocycles. The first-order valence-corrected chi connectivity index (χ1v) is 26.2. The van der Waals surface area contributed by atoms with E-state index in [1.165, 1.54) is 0 Å². The monoisotopic (exact) mass is 1050 g/mol. The van der Waals surface area contributed by atoms with E-state index in [0.29, 0.717) is 38.5 Å². The van der Waals surface area contributed by atoms with Crippen molar-refractivity contribution in [2.24, 2.45) is 0 Å². The Morgan fingerprint density at radius 2 is 0.959 bits per heavy atom. The second kappa shape index (κ2) is 34.5. The number of carbonyl (C=O) groups excluding carboxylic acids is 4. The molecular formula is C50H86O23. The quantitative estimate of drug-likeness (QED) is 0.0257. The third kappa shape index (κ3) is 23.3. The highest BCUT2D eigenvalue weighted by Gasteiger charge is 2.54. The number of aliphatic hydroxyl groups excluding tert-OH is 7. The molecule has 424 valence electrons. The minimum absolute atomic E-state index is 0.281. The van der Waals surface area contributed by atoms with Gasteiger partial charge >= 0.3 is 29.8 Å². The van der Waals surface area contributed by atoms with Crippen LogP contribution >= 0.6 is 0 Å². The van der Waals surface area contributed by atoms with Crippen molar-refractivity contribution in [2.75, 3.05) is 19.8 Å². The molecule has 0 radical (unpaired) electrons. The van der Waals surface area contributed by atoms with E-state index in [2.05, 4.69) is 0 Å². The normalized spacial score (nSPS) is 30.1. The van der Waals surface area contributed by atoms with Crippen LogP contribution in [0.25, 0.3) is 0 Å². The molecule has 0 saturated carbocycles. The number of esters is 4. The predicted octanol–water partition coefficient (Wildman–Crippen LogP) is 2.37. The van der Waals surface area contributed by atoms with E-state index < -0.39 is 147 Å². The Kier molecular flexibility index (Phi) is 30.3. The van der Waals surface area contributed by atoms with E-state index in [1.54, 1.807) is 0 Å². The zero-order chi connectivity index (χ0) is 54.0. The number of carboxylic acid groups (broad SMARTS) is 1. The lowest BCUT2D eigenvalue weighted by molar-refractivity contribution is -0.380. The first kappa shape index (κ1) is 64.1. The Balaban J connectivity index is 1.62. The Labute approximate surface area is 428 Å². The maximum absolute atomic E-state index is 12.1. The number of aliphatic hydroxyl groups is 7. The average molecular weight is 1060 g/mol. The number of unbranched alkanes of at least 4 members (excludes halogenated alkanes) is 12. The summed E-state index contributed by atoms with van der Waals surface area (Å²) in [6.45, 7) is 5.08. The molecule has 0 aromatic rings. The number of carboxylic acids is 1. The molecule has 0 aliphatic carbocycles. The van der Waals surface area contributed by atoms with Crippen LogP contribution in [0, 0.1) is 0 Å². The molecule has 3 heterocycles. The molecular weight excluding hydrogens is 969 g/mol. The molecule has 3 fully saturated rings. The van der Waals surface area contributed by atoms with Crippen molar-refractivity contribution in [3.63, 3.8) is 0 Å². The molecule has 3 aliphatic heterocycles. The van der Waals surface area contributed by atoms with Gasteiger partial charge in [0.25, 0.3) is 0 Å². The summed E-state index contributed by atoms with van der Waals surface area (Å²) in [6.07, 6.45) is -8.51. The van der Waals surface area contributed by atoms with Crippen LogP contribution in [0.1, 0.15) is 163 Å². The molecule has 23 nitrogen and oxygen atoms in total. The standard InChI is InChI=1S/C50H86O23/c1-6-7-21-33(22-20-25-35(56)34(55)23-18-16-14-12-10-8-9-11-13-15-17-19-24-36(57)47(62)63)70-49-45(40(58)37(26-65-49)67-30(3)52)73-50-46(41(59)38(27-66-50)68-31(4)53)72-48-43(61)42(60)44(69-32(5)54)39(71-48)28-64-29(2)51/h33-46,48-50,55-61H,6-28H2,1-5H3,(H,62,63). The summed E-state index contributed by atoms with van der Waals surface area (Å²) < 4.78 is 57.4. The van der Waals surface area contributed by atoms with Gasteiger partial charge in [0.1, 0.15) is 49.3 Å². The van der Waals surface area contributed by atoms with Crippen LogP contribution in [-0.2, 0) is 71.3 Å². The number of hydrogen-bond donors (Lipinski definition) is 8. The van der Waals surface area contributed by atoms with Crippen LogP contribution in [0.3, 0.4) is 0 Å². The lowest BCUT2D eigenvalue weighted by Crippen LogP contribution is -2.65. The lowest BCUT2D eigenvalue weighted by atomic mass is 9.98. The van der Waals surface area contributed by atoms with E-state index in [0.717, 1.165) is 111 Å². The molecule has 17 atom stereocenters. The minimum Gasteiger partial charge on any atom is -0.479 e. The summed E-state index contributed by atoms with van der Waals surface area (Å²) in [7, 11) is 0. The van der Waals surface area contributed by atoms with Gasteiger partial charge in [0.05, 0.1) is 31.5 Å². The van der Waals surface area contributed by atoms with Crippen LogP contribution in [0.5, 0.6) is 0 Å². The third-order valence-electron chi connectivity index (χ3n) is 13.1. The largest absolute Gasteiger partial charge is 0.479 e. The SMILES string of the molecule is CCCCC(CCCC(O)C(O)CCCCCCCCCCCCCCC(O)C(=O)O)OC1OCC(OC(C)=O)C(O)C1OC1OCC(OC(C)=O)C(O)C1OC1OC(COC(C)=O)C(OC(C)=O)C(O)C1O. The highest BCUT2D eigenvalue weighted by Crippen LogP contribution is 2.34. The van der Waals surface area contributed by atoms with Crippen molar-refractivity contribution >= 4 is 29.8 Å². The minimum atomic E-state index is -1.96. The molecule has 8 N–H and O–H groups in total. The van der Waals surface area contributed by atoms with Crippen molar-refractivity contribution in [1.82, 2.24) is 0 Å². The van der Waals surface area contributed by atoms with E-state index >= 15 is 0 Å². The Hall–Kier alpha value is -3.17. The Bertz CT molecular complexity index is 1600. The second-order valence-corrected chi connectivity index (χ2v) is 19.4. The van der Waals surface area contributed by atoms with Gasteiger partial charge < -0.3 is 88.2 Å². The molecule has 73 heavy (non-hydrogen) atoms. The van der Waals surface area contributed by atoms with Crippen molar-refractivity contribution < 1.29 is 112 Å². The molecule has 23 heteroatoms. The van der Waals surface area contributed by atoms with Gasteiger partial charge in [0, 0.05) is 27.7 Å². The van der Waals surface area contributed by atoms with Crippen LogP contribution in [0.2, 0.25) is 0 Å². The van der Waals surface area contributed by atoms with Crippen LogP contribution in [0.4, 0.5) is 0 Å². The van der Waals surface area contributed by atoms with Gasteiger partial charge in [-0.15, -0.1) is 0 Å². The van der Waals surface area contributed by atoms with Gasteiger partial charge in [-0.3, -0.25) is 19.2 Å². The van der Waals surface area contributed by atoms with Crippen LogP contribution in [0.15, 0.2) is 0 Å². The summed E-state index contributed by atoms with van der Waals surface area (Å²) in [5.74, 6) is -4.28. The topological polar surface area (TPSA) is 339 Å². The molecule has 0 bridgehead atoms. The lowest BCUT2D eigenvalue weighted by Gasteiger charge is -2.47. The molecule has 0 spiro atoms. The fraction of sp³-hybridized carbons (Fsp3) is 0.900. The van der Waals surface area contributed by atoms with Gasteiger partial charge in [-0.1, -0.05) is 96.8 Å². The number of aliphatic carboxylic acids is 1.